The molecule has 0 amide bonds. The van der Waals surface area contributed by atoms with Gasteiger partial charge in [0, 0.05) is 10.6 Å². The van der Waals surface area contributed by atoms with Crippen molar-refractivity contribution in [1.82, 2.24) is 0 Å². The number of thioether (sulfide) groups is 1. The third-order valence-corrected chi connectivity index (χ3v) is 3.10. The maximum atomic E-state index is 12.7. The molecule has 1 aromatic rings. The first-order valence-electron chi connectivity index (χ1n) is 4.28. The summed E-state index contributed by atoms with van der Waals surface area (Å²) in [4.78, 5) is 0.764. The van der Waals surface area contributed by atoms with Crippen LogP contribution in [-0.2, 0) is 0 Å². The van der Waals surface area contributed by atoms with E-state index in [-0.39, 0.29) is 11.1 Å². The molecule has 74 valence electrons. The number of nitriles is 1. The van der Waals surface area contributed by atoms with Crippen molar-refractivity contribution in [2.75, 3.05) is 5.73 Å². The number of hydrogen-bond donors (Lipinski definition) is 1. The standard InChI is InChI=1S/C10H11FN2S/c1-2-8(6-12)14-10-4-3-7(11)5-9(10)13/h3-5,8H,2,13H2,1H3. The molecule has 0 saturated carbocycles. The fourth-order valence-electron chi connectivity index (χ4n) is 0.981. The van der Waals surface area contributed by atoms with Crippen molar-refractivity contribution < 1.29 is 4.39 Å². The van der Waals surface area contributed by atoms with E-state index in [0.29, 0.717) is 5.69 Å². The van der Waals surface area contributed by atoms with Gasteiger partial charge in [-0.05, 0) is 24.6 Å². The van der Waals surface area contributed by atoms with E-state index in [2.05, 4.69) is 6.07 Å². The summed E-state index contributed by atoms with van der Waals surface area (Å²) >= 11 is 1.37. The molecule has 1 atom stereocenters. The molecule has 0 saturated heterocycles. The van der Waals surface area contributed by atoms with Crippen LogP contribution in [0, 0.1) is 17.1 Å². The lowest BCUT2D eigenvalue weighted by molar-refractivity contribution is 0.627. The van der Waals surface area contributed by atoms with E-state index in [1.165, 1.54) is 23.9 Å². The highest BCUT2D eigenvalue weighted by atomic mass is 32.2. The molecule has 14 heavy (non-hydrogen) atoms. The minimum atomic E-state index is -0.350. The van der Waals surface area contributed by atoms with E-state index < -0.39 is 0 Å². The van der Waals surface area contributed by atoms with Crippen LogP contribution in [0.3, 0.4) is 0 Å². The molecule has 0 aromatic heterocycles. The quantitative estimate of drug-likeness (QED) is 0.616. The smallest absolute Gasteiger partial charge is 0.125 e. The van der Waals surface area contributed by atoms with Gasteiger partial charge in [0.15, 0.2) is 0 Å². The van der Waals surface area contributed by atoms with Crippen molar-refractivity contribution in [2.45, 2.75) is 23.5 Å². The van der Waals surface area contributed by atoms with Crippen molar-refractivity contribution in [3.63, 3.8) is 0 Å². The molecule has 0 aliphatic rings. The normalized spacial score (nSPS) is 12.1. The van der Waals surface area contributed by atoms with Crippen LogP contribution >= 0.6 is 11.8 Å². The van der Waals surface area contributed by atoms with E-state index >= 15 is 0 Å². The van der Waals surface area contributed by atoms with Crippen molar-refractivity contribution in [1.29, 1.82) is 5.26 Å². The Hall–Kier alpha value is -1.21. The molecule has 1 aromatic carbocycles. The number of benzene rings is 1. The lowest BCUT2D eigenvalue weighted by Crippen LogP contribution is -1.98. The van der Waals surface area contributed by atoms with Gasteiger partial charge in [0.2, 0.25) is 0 Å². The second kappa shape index (κ2) is 4.87. The van der Waals surface area contributed by atoms with Crippen molar-refractivity contribution in [2.24, 2.45) is 0 Å². The Bertz CT molecular complexity index is 360. The molecule has 0 spiro atoms. The third kappa shape index (κ3) is 2.64. The van der Waals surface area contributed by atoms with Crippen LogP contribution in [0.25, 0.3) is 0 Å². The zero-order valence-electron chi connectivity index (χ0n) is 7.83. The number of rotatable bonds is 3. The van der Waals surface area contributed by atoms with Crippen LogP contribution < -0.4 is 5.73 Å². The van der Waals surface area contributed by atoms with E-state index in [1.54, 1.807) is 6.07 Å². The number of nitrogens with two attached hydrogens (primary N) is 1. The van der Waals surface area contributed by atoms with E-state index in [0.717, 1.165) is 11.3 Å². The Morgan fingerprint density at radius 2 is 2.36 bits per heavy atom. The van der Waals surface area contributed by atoms with Gasteiger partial charge in [-0.3, -0.25) is 0 Å². The zero-order valence-corrected chi connectivity index (χ0v) is 8.64. The van der Waals surface area contributed by atoms with Crippen LogP contribution in [0.4, 0.5) is 10.1 Å². The summed E-state index contributed by atoms with van der Waals surface area (Å²) < 4.78 is 12.7. The monoisotopic (exact) mass is 210 g/mol. The summed E-state index contributed by atoms with van der Waals surface area (Å²) in [6.07, 6.45) is 0.748. The lowest BCUT2D eigenvalue weighted by atomic mass is 10.3. The fraction of sp³-hybridized carbons (Fsp3) is 0.300. The summed E-state index contributed by atoms with van der Waals surface area (Å²) in [7, 11) is 0. The highest BCUT2D eigenvalue weighted by molar-refractivity contribution is 8.00. The zero-order chi connectivity index (χ0) is 10.6. The summed E-state index contributed by atoms with van der Waals surface area (Å²) in [5.74, 6) is -0.350. The van der Waals surface area contributed by atoms with Crippen LogP contribution in [-0.4, -0.2) is 5.25 Å². The molecule has 0 aliphatic carbocycles. The van der Waals surface area contributed by atoms with E-state index in [9.17, 15) is 4.39 Å². The summed E-state index contributed by atoms with van der Waals surface area (Å²) in [5, 5.41) is 8.62. The van der Waals surface area contributed by atoms with Crippen LogP contribution in [0.1, 0.15) is 13.3 Å². The Balaban J connectivity index is 2.82. The number of anilines is 1. The molecule has 2 nitrogen and oxygen atoms in total. The van der Waals surface area contributed by atoms with Crippen molar-refractivity contribution in [3.8, 4) is 6.07 Å². The lowest BCUT2D eigenvalue weighted by Gasteiger charge is -2.08. The Morgan fingerprint density at radius 1 is 1.64 bits per heavy atom. The summed E-state index contributed by atoms with van der Waals surface area (Å²) in [6, 6.07) is 6.38. The SMILES string of the molecule is CCC(C#N)Sc1ccc(F)cc1N. The van der Waals surface area contributed by atoms with Gasteiger partial charge >= 0.3 is 0 Å². The van der Waals surface area contributed by atoms with Crippen molar-refractivity contribution >= 4 is 17.4 Å². The highest BCUT2D eigenvalue weighted by Gasteiger charge is 2.09. The summed E-state index contributed by atoms with van der Waals surface area (Å²) in [6.45, 7) is 1.93. The van der Waals surface area contributed by atoms with Gasteiger partial charge in [-0.25, -0.2) is 4.39 Å². The van der Waals surface area contributed by atoms with Crippen LogP contribution in [0.5, 0.6) is 0 Å². The molecule has 0 bridgehead atoms. The fourth-order valence-corrected chi connectivity index (χ4v) is 1.85. The molecule has 0 heterocycles. The van der Waals surface area contributed by atoms with Gasteiger partial charge in [-0.2, -0.15) is 5.26 Å². The Kier molecular flexibility index (Phi) is 3.78. The van der Waals surface area contributed by atoms with Crippen LogP contribution in [0.15, 0.2) is 23.1 Å². The predicted molar refractivity (Wildman–Crippen MR) is 56.4 cm³/mol. The molecule has 2 N–H and O–H groups in total. The average Bonchev–Trinajstić information content (AvgIpc) is 2.17. The molecule has 0 aliphatic heterocycles. The molecule has 0 fully saturated rings. The third-order valence-electron chi connectivity index (χ3n) is 1.76. The molecule has 1 rings (SSSR count). The van der Waals surface area contributed by atoms with E-state index in [1.807, 2.05) is 6.92 Å². The van der Waals surface area contributed by atoms with E-state index in [4.69, 9.17) is 11.0 Å². The molecule has 4 heteroatoms. The maximum absolute atomic E-state index is 12.7. The number of nitrogens with zero attached hydrogens (tertiary/aromatic N) is 1. The Labute approximate surface area is 86.9 Å². The van der Waals surface area contributed by atoms with Gasteiger partial charge in [0.05, 0.1) is 11.3 Å². The first-order valence-corrected chi connectivity index (χ1v) is 5.16. The molecular weight excluding hydrogens is 199 g/mol. The highest BCUT2D eigenvalue weighted by Crippen LogP contribution is 2.30. The van der Waals surface area contributed by atoms with Crippen molar-refractivity contribution in [3.05, 3.63) is 24.0 Å². The minimum Gasteiger partial charge on any atom is -0.398 e. The predicted octanol–water partition coefficient (Wildman–Crippen LogP) is 2.80. The molecule has 1 unspecified atom stereocenters. The molecule has 0 radical (unpaired) electrons. The number of halogens is 1. The van der Waals surface area contributed by atoms with Gasteiger partial charge in [-0.15, -0.1) is 11.8 Å². The van der Waals surface area contributed by atoms with Gasteiger partial charge < -0.3 is 5.73 Å². The largest absolute Gasteiger partial charge is 0.398 e. The minimum absolute atomic E-state index is 0.122. The molecular formula is C10H11FN2S. The number of hydrogen-bond acceptors (Lipinski definition) is 3. The maximum Gasteiger partial charge on any atom is 0.125 e. The topological polar surface area (TPSA) is 49.8 Å². The second-order valence-corrected chi connectivity index (χ2v) is 4.07. The number of nitrogen functional groups attached to an aromatic ring is 1. The average molecular weight is 210 g/mol. The second-order valence-electron chi connectivity index (χ2n) is 2.83. The van der Waals surface area contributed by atoms with Gasteiger partial charge in [-0.1, -0.05) is 6.92 Å². The Morgan fingerprint density at radius 3 is 2.86 bits per heavy atom. The first-order chi connectivity index (χ1) is 6.67. The van der Waals surface area contributed by atoms with Crippen LogP contribution in [0.2, 0.25) is 0 Å². The van der Waals surface area contributed by atoms with Gasteiger partial charge in [0.25, 0.3) is 0 Å². The van der Waals surface area contributed by atoms with Gasteiger partial charge in [0.1, 0.15) is 5.82 Å². The first kappa shape index (κ1) is 10.9. The summed E-state index contributed by atoms with van der Waals surface area (Å²) in [5.41, 5.74) is 6.00.